The van der Waals surface area contributed by atoms with Gasteiger partial charge in [-0.3, -0.25) is 5.32 Å². The number of nitrogens with zero attached hydrogens (tertiary/aromatic N) is 1. The van der Waals surface area contributed by atoms with E-state index in [-0.39, 0.29) is 5.91 Å². The summed E-state index contributed by atoms with van der Waals surface area (Å²) in [6.07, 6.45) is 0. The molecular formula is C5H7Br2N2O2+. The van der Waals surface area contributed by atoms with Gasteiger partial charge in [0.2, 0.25) is 0 Å². The van der Waals surface area contributed by atoms with Crippen LogP contribution < -0.4 is 5.32 Å². The van der Waals surface area contributed by atoms with E-state index in [0.29, 0.717) is 0 Å². The van der Waals surface area contributed by atoms with Crippen molar-refractivity contribution in [3.63, 3.8) is 0 Å². The van der Waals surface area contributed by atoms with Crippen LogP contribution in [0, 0.1) is 0 Å². The lowest BCUT2D eigenvalue weighted by Gasteiger charge is -2.10. The highest BCUT2D eigenvalue weighted by atomic mass is 79.9. The Morgan fingerprint density at radius 2 is 1.82 bits per heavy atom. The summed E-state index contributed by atoms with van der Waals surface area (Å²) < 4.78 is -0.576. The van der Waals surface area contributed by atoms with Crippen molar-refractivity contribution in [1.82, 2.24) is 5.32 Å². The zero-order valence-electron chi connectivity index (χ0n) is 6.02. The average Bonchev–Trinajstić information content (AvgIpc) is 1.94. The van der Waals surface area contributed by atoms with Gasteiger partial charge in [0.25, 0.3) is 32.3 Å². The van der Waals surface area contributed by atoms with Crippen LogP contribution >= 0.6 is 32.3 Å². The molecule has 0 spiro atoms. The van der Waals surface area contributed by atoms with Crippen LogP contribution in [-0.4, -0.2) is 20.0 Å². The van der Waals surface area contributed by atoms with E-state index in [4.69, 9.17) is 0 Å². The number of rotatable bonds is 0. The monoisotopic (exact) mass is 285 g/mol. The molecule has 1 rings (SSSR count). The number of quaternary nitrogens is 1. The Bertz CT molecular complexity index is 237. The molecule has 0 aliphatic carbocycles. The largest absolute Gasteiger partial charge is 0.446 e. The van der Waals surface area contributed by atoms with E-state index < -0.39 is 14.1 Å². The molecule has 0 atom stereocenters. The first kappa shape index (κ1) is 9.15. The highest BCUT2D eigenvalue weighted by molar-refractivity contribution is 9.17. The Kier molecular flexibility index (Phi) is 1.89. The molecule has 6 heteroatoms. The number of imide groups is 1. The molecule has 0 aromatic rings. The van der Waals surface area contributed by atoms with Crippen LogP contribution in [0.25, 0.3) is 0 Å². The lowest BCUT2D eigenvalue weighted by Crippen LogP contribution is -2.40. The van der Waals surface area contributed by atoms with E-state index in [1.54, 1.807) is 13.8 Å². The van der Waals surface area contributed by atoms with E-state index >= 15 is 0 Å². The van der Waals surface area contributed by atoms with Crippen molar-refractivity contribution in [3.8, 4) is 0 Å². The SMILES string of the molecule is CC1(C)NC(=O)[N+](Br)(Br)C1=O. The second-order valence-corrected chi connectivity index (χ2v) is 5.95. The van der Waals surface area contributed by atoms with Crippen molar-refractivity contribution in [2.75, 3.05) is 0 Å². The predicted octanol–water partition coefficient (Wildman–Crippen LogP) is 1.45. The fourth-order valence-electron chi connectivity index (χ4n) is 0.834. The second-order valence-electron chi connectivity index (χ2n) is 2.87. The molecule has 0 bridgehead atoms. The maximum absolute atomic E-state index is 11.4. The van der Waals surface area contributed by atoms with Gasteiger partial charge >= 0.3 is 11.9 Å². The Morgan fingerprint density at radius 1 is 1.36 bits per heavy atom. The van der Waals surface area contributed by atoms with Crippen LogP contribution in [0.15, 0.2) is 0 Å². The first-order valence-corrected chi connectivity index (χ1v) is 4.36. The number of hydrogen-bond donors (Lipinski definition) is 1. The van der Waals surface area contributed by atoms with Crippen LogP contribution in [0.2, 0.25) is 0 Å². The molecule has 1 N–H and O–H groups in total. The lowest BCUT2D eigenvalue weighted by atomic mass is 10.1. The molecule has 62 valence electrons. The van der Waals surface area contributed by atoms with Gasteiger partial charge in [0.1, 0.15) is 0 Å². The van der Waals surface area contributed by atoms with Crippen LogP contribution in [0.4, 0.5) is 4.79 Å². The topological polar surface area (TPSA) is 46.2 Å². The summed E-state index contributed by atoms with van der Waals surface area (Å²) in [6, 6.07) is -0.403. The van der Waals surface area contributed by atoms with Crippen molar-refractivity contribution in [2.24, 2.45) is 0 Å². The standard InChI is InChI=1S/C5H6Br2N2O2/c1-5(2)3(10)9(6,7)4(11)8-5/h1-2H3/p+1. The minimum Gasteiger partial charge on any atom is -0.285 e. The van der Waals surface area contributed by atoms with Crippen LogP contribution in [0.3, 0.4) is 0 Å². The van der Waals surface area contributed by atoms with Crippen LogP contribution in [-0.2, 0) is 4.79 Å². The van der Waals surface area contributed by atoms with Crippen molar-refractivity contribution in [2.45, 2.75) is 19.4 Å². The number of urea groups is 1. The number of hydrogen-bond acceptors (Lipinski definition) is 2. The third-order valence-electron chi connectivity index (χ3n) is 1.46. The zero-order chi connectivity index (χ0) is 8.86. The summed E-state index contributed by atoms with van der Waals surface area (Å²) in [4.78, 5) is 22.4. The molecule has 1 fully saturated rings. The van der Waals surface area contributed by atoms with Crippen LogP contribution in [0.5, 0.6) is 0 Å². The average molecular weight is 287 g/mol. The van der Waals surface area contributed by atoms with Crippen molar-refractivity contribution in [3.05, 3.63) is 0 Å². The summed E-state index contributed by atoms with van der Waals surface area (Å²) in [5.41, 5.74) is -0.802. The molecule has 1 aliphatic rings. The van der Waals surface area contributed by atoms with Crippen LogP contribution in [0.1, 0.15) is 13.8 Å². The molecule has 0 radical (unpaired) electrons. The molecule has 1 heterocycles. The third kappa shape index (κ3) is 1.23. The second kappa shape index (κ2) is 2.27. The van der Waals surface area contributed by atoms with Crippen molar-refractivity contribution >= 4 is 44.2 Å². The van der Waals surface area contributed by atoms with E-state index in [1.165, 1.54) is 0 Å². The summed E-state index contributed by atoms with van der Waals surface area (Å²) in [7, 11) is 0. The van der Waals surface area contributed by atoms with Gasteiger partial charge in [-0.2, -0.15) is 0 Å². The van der Waals surface area contributed by atoms with Crippen molar-refractivity contribution < 1.29 is 12.1 Å². The fraction of sp³-hybridized carbons (Fsp3) is 0.600. The molecule has 0 saturated carbocycles. The van der Waals surface area contributed by atoms with Gasteiger partial charge in [-0.25, -0.2) is 9.59 Å². The van der Waals surface area contributed by atoms with E-state index in [9.17, 15) is 9.59 Å². The number of carbonyl (C=O) groups excluding carboxylic acids is 2. The van der Waals surface area contributed by atoms with Gasteiger partial charge in [-0.15, -0.1) is 0 Å². The van der Waals surface area contributed by atoms with Gasteiger partial charge < -0.3 is 0 Å². The molecule has 4 nitrogen and oxygen atoms in total. The normalized spacial score (nSPS) is 26.9. The minimum atomic E-state index is -0.802. The van der Waals surface area contributed by atoms with Gasteiger partial charge in [0, 0.05) is 0 Å². The highest BCUT2D eigenvalue weighted by Gasteiger charge is 2.59. The van der Waals surface area contributed by atoms with E-state index in [2.05, 4.69) is 37.6 Å². The molecular weight excluding hydrogens is 280 g/mol. The predicted molar refractivity (Wildman–Crippen MR) is 45.7 cm³/mol. The molecule has 3 amide bonds. The molecule has 1 aliphatic heterocycles. The minimum absolute atomic E-state index is 0.262. The molecule has 11 heavy (non-hydrogen) atoms. The number of halogens is 2. The van der Waals surface area contributed by atoms with E-state index in [1.807, 2.05) is 0 Å². The number of carbonyl (C=O) groups is 2. The Morgan fingerprint density at radius 3 is 1.91 bits per heavy atom. The third-order valence-corrected chi connectivity index (χ3v) is 2.75. The molecule has 0 aromatic heterocycles. The van der Waals surface area contributed by atoms with E-state index in [0.717, 1.165) is 0 Å². The summed E-state index contributed by atoms with van der Waals surface area (Å²) >= 11 is 5.88. The molecule has 0 unspecified atom stereocenters. The fourth-order valence-corrected chi connectivity index (χ4v) is 1.90. The van der Waals surface area contributed by atoms with Gasteiger partial charge in [-0.1, -0.05) is 0 Å². The first-order chi connectivity index (χ1) is 4.78. The maximum Gasteiger partial charge on any atom is 0.446 e. The number of nitrogens with one attached hydrogen (secondary N) is 1. The maximum atomic E-state index is 11.4. The zero-order valence-corrected chi connectivity index (χ0v) is 9.19. The highest BCUT2D eigenvalue weighted by Crippen LogP contribution is 2.34. The van der Waals surface area contributed by atoms with Crippen molar-refractivity contribution in [1.29, 1.82) is 0 Å². The molecule has 0 aromatic carbocycles. The molecule has 1 saturated heterocycles. The Labute approximate surface area is 81.2 Å². The van der Waals surface area contributed by atoms with Gasteiger partial charge in [-0.05, 0) is 16.4 Å². The summed E-state index contributed by atoms with van der Waals surface area (Å²) in [5.74, 6) is -0.262. The smallest absolute Gasteiger partial charge is 0.285 e. The van der Waals surface area contributed by atoms with Gasteiger partial charge in [0.05, 0.1) is 0 Å². The first-order valence-electron chi connectivity index (χ1n) is 2.94. The summed E-state index contributed by atoms with van der Waals surface area (Å²) in [6.45, 7) is 3.30. The number of amides is 3. The summed E-state index contributed by atoms with van der Waals surface area (Å²) in [5, 5.41) is 2.52. The van der Waals surface area contributed by atoms with Gasteiger partial charge in [0.15, 0.2) is 5.54 Å². The quantitative estimate of drug-likeness (QED) is 0.541. The Balaban J connectivity index is 3.09. The lowest BCUT2D eigenvalue weighted by molar-refractivity contribution is -0.425. The Hall–Kier alpha value is 0.0600.